The smallest absolute Gasteiger partial charge is 0.268 e. The van der Waals surface area contributed by atoms with Crippen molar-refractivity contribution < 1.29 is 9.84 Å². The molecule has 2 aromatic carbocycles. The lowest BCUT2D eigenvalue weighted by molar-refractivity contribution is 0.0394. The molecule has 6 nitrogen and oxygen atoms in total. The van der Waals surface area contributed by atoms with E-state index in [0.717, 1.165) is 38.5 Å². The largest absolute Gasteiger partial charge is 0.506 e. The average Bonchev–Trinajstić information content (AvgIpc) is 2.75. The molecule has 1 aromatic heterocycles. The fraction of sp³-hybridized carbons (Fsp3) is 0.304. The summed E-state index contributed by atoms with van der Waals surface area (Å²) in [5.41, 5.74) is 1.98. The molecule has 0 saturated carbocycles. The van der Waals surface area contributed by atoms with Gasteiger partial charge in [-0.05, 0) is 31.2 Å². The number of aromatic nitrogens is 1. The van der Waals surface area contributed by atoms with Crippen molar-refractivity contribution in [1.82, 2.24) is 9.47 Å². The number of rotatable bonds is 5. The van der Waals surface area contributed by atoms with E-state index in [-0.39, 0.29) is 16.9 Å². The average molecular weight is 391 g/mol. The van der Waals surface area contributed by atoms with E-state index in [1.54, 1.807) is 11.5 Å². The summed E-state index contributed by atoms with van der Waals surface area (Å²) < 4.78 is 7.01. The molecule has 2 heterocycles. The van der Waals surface area contributed by atoms with Gasteiger partial charge in [0, 0.05) is 36.4 Å². The lowest BCUT2D eigenvalue weighted by Gasteiger charge is -2.25. The predicted octanol–water partition coefficient (Wildman–Crippen LogP) is 2.84. The summed E-state index contributed by atoms with van der Waals surface area (Å²) in [5, 5.41) is 11.5. The first-order valence-corrected chi connectivity index (χ1v) is 9.90. The maximum atomic E-state index is 13.4. The Morgan fingerprint density at radius 3 is 2.52 bits per heavy atom. The second kappa shape index (κ2) is 8.59. The zero-order valence-electron chi connectivity index (χ0n) is 16.5. The number of fused-ring (bicyclic) bond motifs is 1. The molecular weight excluding hydrogens is 366 g/mol. The third-order valence-electron chi connectivity index (χ3n) is 5.30. The minimum absolute atomic E-state index is 0.00889. The van der Waals surface area contributed by atoms with Crippen LogP contribution in [0, 0.1) is 0 Å². The van der Waals surface area contributed by atoms with Gasteiger partial charge in [-0.25, -0.2) is 0 Å². The summed E-state index contributed by atoms with van der Waals surface area (Å²) in [7, 11) is 0. The SMILES string of the molecule is CC(=NCCN1CCOCC1)c1c(O)c2ccccc2n(-c2ccccc2)c1=O. The van der Waals surface area contributed by atoms with Crippen LogP contribution in [0.25, 0.3) is 16.6 Å². The van der Waals surface area contributed by atoms with E-state index in [9.17, 15) is 9.90 Å². The normalized spacial score (nSPS) is 15.7. The van der Waals surface area contributed by atoms with Crippen molar-refractivity contribution in [2.24, 2.45) is 4.99 Å². The van der Waals surface area contributed by atoms with E-state index in [1.165, 1.54) is 0 Å². The Morgan fingerprint density at radius 2 is 1.76 bits per heavy atom. The van der Waals surface area contributed by atoms with Crippen molar-refractivity contribution in [3.8, 4) is 11.4 Å². The first-order chi connectivity index (χ1) is 14.2. The molecular formula is C23H25N3O3. The number of aliphatic imine (C=N–C) groups is 1. The van der Waals surface area contributed by atoms with Crippen LogP contribution in [-0.4, -0.2) is 59.7 Å². The topological polar surface area (TPSA) is 67.1 Å². The lowest BCUT2D eigenvalue weighted by Crippen LogP contribution is -2.37. The molecule has 3 aromatic rings. The van der Waals surface area contributed by atoms with Gasteiger partial charge < -0.3 is 9.84 Å². The summed E-state index contributed by atoms with van der Waals surface area (Å²) in [4.78, 5) is 20.3. The first kappa shape index (κ1) is 19.4. The summed E-state index contributed by atoms with van der Waals surface area (Å²) in [6, 6.07) is 16.9. The molecule has 4 rings (SSSR count). The molecule has 1 aliphatic heterocycles. The van der Waals surface area contributed by atoms with E-state index in [0.29, 0.717) is 23.2 Å². The number of nitrogens with zero attached hydrogens (tertiary/aromatic N) is 3. The van der Waals surface area contributed by atoms with Crippen LogP contribution in [0.2, 0.25) is 0 Å². The van der Waals surface area contributed by atoms with Gasteiger partial charge in [-0.2, -0.15) is 0 Å². The van der Waals surface area contributed by atoms with E-state index < -0.39 is 0 Å². The highest BCUT2D eigenvalue weighted by Crippen LogP contribution is 2.28. The van der Waals surface area contributed by atoms with Gasteiger partial charge in [-0.1, -0.05) is 30.3 Å². The van der Waals surface area contributed by atoms with Crippen LogP contribution in [0.3, 0.4) is 0 Å². The van der Waals surface area contributed by atoms with Gasteiger partial charge in [0.15, 0.2) is 0 Å². The summed E-state index contributed by atoms with van der Waals surface area (Å²) in [6.07, 6.45) is 0. The minimum atomic E-state index is -0.264. The maximum Gasteiger partial charge on any atom is 0.268 e. The van der Waals surface area contributed by atoms with Crippen molar-refractivity contribution in [3.05, 3.63) is 70.5 Å². The zero-order chi connectivity index (χ0) is 20.2. The van der Waals surface area contributed by atoms with Crippen LogP contribution in [-0.2, 0) is 4.74 Å². The van der Waals surface area contributed by atoms with Crippen molar-refractivity contribution in [2.75, 3.05) is 39.4 Å². The summed E-state index contributed by atoms with van der Waals surface area (Å²) in [5.74, 6) is -0.00889. The number of pyridine rings is 1. The van der Waals surface area contributed by atoms with Gasteiger partial charge in [0.05, 0.1) is 25.3 Å². The number of hydrogen-bond donors (Lipinski definition) is 1. The van der Waals surface area contributed by atoms with Gasteiger partial charge in [-0.15, -0.1) is 0 Å². The number of hydrogen-bond acceptors (Lipinski definition) is 5. The molecule has 0 radical (unpaired) electrons. The van der Waals surface area contributed by atoms with E-state index >= 15 is 0 Å². The molecule has 1 fully saturated rings. The van der Waals surface area contributed by atoms with Crippen LogP contribution < -0.4 is 5.56 Å². The minimum Gasteiger partial charge on any atom is -0.506 e. The fourth-order valence-corrected chi connectivity index (χ4v) is 3.75. The Labute approximate surface area is 169 Å². The highest BCUT2D eigenvalue weighted by molar-refractivity contribution is 6.05. The van der Waals surface area contributed by atoms with Gasteiger partial charge >= 0.3 is 0 Å². The maximum absolute atomic E-state index is 13.4. The number of benzene rings is 2. The highest BCUT2D eigenvalue weighted by atomic mass is 16.5. The lowest BCUT2D eigenvalue weighted by atomic mass is 10.1. The molecule has 0 spiro atoms. The van der Waals surface area contributed by atoms with E-state index in [4.69, 9.17) is 4.74 Å². The highest BCUT2D eigenvalue weighted by Gasteiger charge is 2.19. The van der Waals surface area contributed by atoms with Gasteiger partial charge in [0.25, 0.3) is 5.56 Å². The molecule has 0 bridgehead atoms. The summed E-state index contributed by atoms with van der Waals surface area (Å²) >= 11 is 0. The van der Waals surface area contributed by atoms with Crippen molar-refractivity contribution >= 4 is 16.6 Å². The van der Waals surface area contributed by atoms with Crippen LogP contribution >= 0.6 is 0 Å². The molecule has 29 heavy (non-hydrogen) atoms. The van der Waals surface area contributed by atoms with E-state index in [2.05, 4.69) is 9.89 Å². The molecule has 1 aliphatic rings. The Morgan fingerprint density at radius 1 is 1.07 bits per heavy atom. The fourth-order valence-electron chi connectivity index (χ4n) is 3.75. The molecule has 150 valence electrons. The van der Waals surface area contributed by atoms with Crippen molar-refractivity contribution in [1.29, 1.82) is 0 Å². The monoisotopic (exact) mass is 391 g/mol. The third-order valence-corrected chi connectivity index (χ3v) is 5.30. The van der Waals surface area contributed by atoms with Crippen LogP contribution in [0.4, 0.5) is 0 Å². The van der Waals surface area contributed by atoms with Gasteiger partial charge in [0.1, 0.15) is 11.3 Å². The Hall–Kier alpha value is -2.96. The van der Waals surface area contributed by atoms with Crippen LogP contribution in [0.5, 0.6) is 5.75 Å². The van der Waals surface area contributed by atoms with Crippen molar-refractivity contribution in [3.63, 3.8) is 0 Å². The Kier molecular flexibility index (Phi) is 5.74. The number of para-hydroxylation sites is 2. The molecule has 0 unspecified atom stereocenters. The second-order valence-electron chi connectivity index (χ2n) is 7.14. The molecule has 1 saturated heterocycles. The molecule has 0 amide bonds. The molecule has 6 heteroatoms. The Bertz CT molecular complexity index is 1080. The Balaban J connectivity index is 1.76. The van der Waals surface area contributed by atoms with E-state index in [1.807, 2.05) is 54.6 Å². The molecule has 0 atom stereocenters. The first-order valence-electron chi connectivity index (χ1n) is 9.90. The van der Waals surface area contributed by atoms with Gasteiger partial charge in [0.2, 0.25) is 0 Å². The van der Waals surface area contributed by atoms with Crippen LogP contribution in [0.1, 0.15) is 12.5 Å². The van der Waals surface area contributed by atoms with Crippen LogP contribution in [0.15, 0.2) is 64.4 Å². The molecule has 1 N–H and O–H groups in total. The standard InChI is InChI=1S/C23H25N3O3/c1-17(24-11-12-25-13-15-29-16-14-25)21-22(27)19-9-5-6-10-20(19)26(23(21)28)18-7-3-2-4-8-18/h2-10,27H,11-16H2,1H3. The number of morpholine rings is 1. The second-order valence-corrected chi connectivity index (χ2v) is 7.14. The van der Waals surface area contributed by atoms with Crippen molar-refractivity contribution in [2.45, 2.75) is 6.92 Å². The predicted molar refractivity (Wildman–Crippen MR) is 116 cm³/mol. The number of aromatic hydroxyl groups is 1. The summed E-state index contributed by atoms with van der Waals surface area (Å²) in [6.45, 7) is 6.46. The zero-order valence-corrected chi connectivity index (χ0v) is 16.5. The molecule has 0 aliphatic carbocycles. The number of ether oxygens (including phenoxy) is 1. The van der Waals surface area contributed by atoms with Gasteiger partial charge in [-0.3, -0.25) is 19.3 Å². The quantitative estimate of drug-likeness (QED) is 0.679. The third kappa shape index (κ3) is 3.95.